The highest BCUT2D eigenvalue weighted by Gasteiger charge is 1.99. The maximum Gasteiger partial charge on any atom is 0.120 e. The van der Waals surface area contributed by atoms with E-state index >= 15 is 0 Å². The molecule has 15 heavy (non-hydrogen) atoms. The lowest BCUT2D eigenvalue weighted by molar-refractivity contribution is 0.362. The van der Waals surface area contributed by atoms with Crippen molar-refractivity contribution in [1.82, 2.24) is 0 Å². The number of ether oxygens (including phenoxy) is 1. The number of alkyl halides is 1. The van der Waals surface area contributed by atoms with Crippen LogP contribution >= 0.6 is 23.2 Å². The Balaban J connectivity index is 2.58. The molecule has 0 amide bonds. The maximum atomic E-state index is 5.99. The first-order valence-electron chi connectivity index (χ1n) is 4.90. The molecule has 0 saturated carbocycles. The third kappa shape index (κ3) is 4.15. The Morgan fingerprint density at radius 1 is 1.33 bits per heavy atom. The summed E-state index contributed by atoms with van der Waals surface area (Å²) in [5, 5.41) is 0.793. The Labute approximate surface area is 101 Å². The van der Waals surface area contributed by atoms with E-state index in [1.54, 1.807) is 0 Å². The molecule has 1 aromatic carbocycles. The fourth-order valence-electron chi connectivity index (χ4n) is 1.19. The predicted molar refractivity (Wildman–Crippen MR) is 66.2 cm³/mol. The Bertz CT molecular complexity index is 334. The molecule has 0 bridgehead atoms. The highest BCUT2D eigenvalue weighted by molar-refractivity contribution is 6.31. The summed E-state index contributed by atoms with van der Waals surface area (Å²) in [6.45, 7) is 2.61. The fourth-order valence-corrected chi connectivity index (χ4v) is 1.56. The van der Waals surface area contributed by atoms with Crippen molar-refractivity contribution in [3.8, 4) is 5.75 Å². The molecule has 0 aliphatic carbocycles. The van der Waals surface area contributed by atoms with Gasteiger partial charge in [0.15, 0.2) is 0 Å². The van der Waals surface area contributed by atoms with Gasteiger partial charge in [-0.15, -0.1) is 11.6 Å². The highest BCUT2D eigenvalue weighted by Crippen LogP contribution is 2.22. The summed E-state index contributed by atoms with van der Waals surface area (Å²) in [5.74, 6) is 1.36. The summed E-state index contributed by atoms with van der Waals surface area (Å²) in [6, 6.07) is 5.70. The number of aryl methyl sites for hydroxylation is 1. The molecule has 0 fully saturated rings. The van der Waals surface area contributed by atoms with Gasteiger partial charge < -0.3 is 4.74 Å². The molecule has 3 heteroatoms. The fraction of sp³-hybridized carbons (Fsp3) is 0.333. The zero-order chi connectivity index (χ0) is 11.1. The second kappa shape index (κ2) is 6.76. The molecule has 0 radical (unpaired) electrons. The minimum Gasteiger partial charge on any atom is -0.490 e. The van der Waals surface area contributed by atoms with E-state index in [0.29, 0.717) is 12.5 Å². The van der Waals surface area contributed by atoms with Gasteiger partial charge in [0.25, 0.3) is 0 Å². The van der Waals surface area contributed by atoms with Crippen LogP contribution in [0.25, 0.3) is 0 Å². The van der Waals surface area contributed by atoms with Crippen LogP contribution in [0.2, 0.25) is 5.02 Å². The van der Waals surface area contributed by atoms with Gasteiger partial charge in [0.2, 0.25) is 0 Å². The molecule has 0 aromatic heterocycles. The van der Waals surface area contributed by atoms with E-state index in [-0.39, 0.29) is 0 Å². The van der Waals surface area contributed by atoms with Crippen molar-refractivity contribution in [2.45, 2.75) is 13.3 Å². The molecular formula is C12H14Cl2O. The van der Waals surface area contributed by atoms with Gasteiger partial charge in [-0.1, -0.05) is 30.7 Å². The first-order valence-corrected chi connectivity index (χ1v) is 5.81. The molecule has 0 aliphatic rings. The van der Waals surface area contributed by atoms with Crippen LogP contribution in [0.15, 0.2) is 30.4 Å². The lowest BCUT2D eigenvalue weighted by Crippen LogP contribution is -1.94. The summed E-state index contributed by atoms with van der Waals surface area (Å²) >= 11 is 11.5. The Morgan fingerprint density at radius 2 is 2.13 bits per heavy atom. The SMILES string of the molecule is CCc1cc(OCC=CCCl)ccc1Cl. The normalized spacial score (nSPS) is 10.9. The second-order valence-electron chi connectivity index (χ2n) is 3.04. The van der Waals surface area contributed by atoms with E-state index in [4.69, 9.17) is 27.9 Å². The molecule has 0 saturated heterocycles. The largest absolute Gasteiger partial charge is 0.490 e. The highest BCUT2D eigenvalue weighted by atomic mass is 35.5. The second-order valence-corrected chi connectivity index (χ2v) is 3.76. The summed E-state index contributed by atoms with van der Waals surface area (Å²) in [5.41, 5.74) is 1.11. The van der Waals surface area contributed by atoms with Crippen molar-refractivity contribution in [1.29, 1.82) is 0 Å². The molecule has 82 valence electrons. The van der Waals surface area contributed by atoms with E-state index in [9.17, 15) is 0 Å². The molecule has 0 heterocycles. The third-order valence-corrected chi connectivity index (χ3v) is 2.55. The van der Waals surface area contributed by atoms with Crippen molar-refractivity contribution in [3.63, 3.8) is 0 Å². The van der Waals surface area contributed by atoms with Crippen molar-refractivity contribution >= 4 is 23.2 Å². The van der Waals surface area contributed by atoms with E-state index in [0.717, 1.165) is 22.8 Å². The Hall–Kier alpha value is -0.660. The van der Waals surface area contributed by atoms with Crippen LogP contribution in [0, 0.1) is 0 Å². The van der Waals surface area contributed by atoms with E-state index in [1.165, 1.54) is 0 Å². The number of hydrogen-bond acceptors (Lipinski definition) is 1. The predicted octanol–water partition coefficient (Wildman–Crippen LogP) is 4.08. The van der Waals surface area contributed by atoms with Crippen LogP contribution in [-0.2, 0) is 6.42 Å². The summed E-state index contributed by atoms with van der Waals surface area (Å²) in [6.07, 6.45) is 4.67. The summed E-state index contributed by atoms with van der Waals surface area (Å²) in [4.78, 5) is 0. The van der Waals surface area contributed by atoms with E-state index in [2.05, 4.69) is 6.92 Å². The van der Waals surface area contributed by atoms with Crippen LogP contribution < -0.4 is 4.74 Å². The number of hydrogen-bond donors (Lipinski definition) is 0. The van der Waals surface area contributed by atoms with Gasteiger partial charge in [-0.05, 0) is 30.2 Å². The first-order chi connectivity index (χ1) is 7.27. The lowest BCUT2D eigenvalue weighted by Gasteiger charge is -2.06. The average molecular weight is 245 g/mol. The average Bonchev–Trinajstić information content (AvgIpc) is 2.26. The van der Waals surface area contributed by atoms with E-state index < -0.39 is 0 Å². The summed E-state index contributed by atoms with van der Waals surface area (Å²) in [7, 11) is 0. The van der Waals surface area contributed by atoms with E-state index in [1.807, 2.05) is 30.4 Å². The molecule has 1 rings (SSSR count). The molecule has 0 unspecified atom stereocenters. The van der Waals surface area contributed by atoms with Crippen molar-refractivity contribution in [2.24, 2.45) is 0 Å². The number of benzene rings is 1. The van der Waals surface area contributed by atoms with Crippen molar-refractivity contribution < 1.29 is 4.74 Å². The topological polar surface area (TPSA) is 9.23 Å². The molecule has 0 atom stereocenters. The monoisotopic (exact) mass is 244 g/mol. The number of allylic oxidation sites excluding steroid dienone is 1. The van der Waals surface area contributed by atoms with Crippen LogP contribution in [0.3, 0.4) is 0 Å². The maximum absolute atomic E-state index is 5.99. The first kappa shape index (κ1) is 12.4. The zero-order valence-corrected chi connectivity index (χ0v) is 10.2. The molecule has 1 nitrogen and oxygen atoms in total. The van der Waals surface area contributed by atoms with Gasteiger partial charge in [-0.3, -0.25) is 0 Å². The van der Waals surface area contributed by atoms with Gasteiger partial charge in [0.1, 0.15) is 12.4 Å². The summed E-state index contributed by atoms with van der Waals surface area (Å²) < 4.78 is 5.50. The Morgan fingerprint density at radius 3 is 2.80 bits per heavy atom. The number of rotatable bonds is 5. The van der Waals surface area contributed by atoms with Crippen LogP contribution in [-0.4, -0.2) is 12.5 Å². The van der Waals surface area contributed by atoms with Crippen molar-refractivity contribution in [3.05, 3.63) is 40.9 Å². The molecule has 0 aliphatic heterocycles. The molecule has 1 aromatic rings. The van der Waals surface area contributed by atoms with Gasteiger partial charge >= 0.3 is 0 Å². The van der Waals surface area contributed by atoms with Gasteiger partial charge in [0, 0.05) is 10.9 Å². The van der Waals surface area contributed by atoms with Crippen LogP contribution in [0.1, 0.15) is 12.5 Å². The van der Waals surface area contributed by atoms with Crippen molar-refractivity contribution in [2.75, 3.05) is 12.5 Å². The smallest absolute Gasteiger partial charge is 0.120 e. The van der Waals surface area contributed by atoms with Crippen LogP contribution in [0.4, 0.5) is 0 Å². The van der Waals surface area contributed by atoms with Gasteiger partial charge in [-0.2, -0.15) is 0 Å². The minimum absolute atomic E-state index is 0.518. The Kier molecular flexibility index (Phi) is 5.59. The molecular weight excluding hydrogens is 231 g/mol. The molecule has 0 spiro atoms. The van der Waals surface area contributed by atoms with Crippen LogP contribution in [0.5, 0.6) is 5.75 Å². The van der Waals surface area contributed by atoms with Gasteiger partial charge in [0.05, 0.1) is 0 Å². The lowest BCUT2D eigenvalue weighted by atomic mass is 10.1. The third-order valence-electron chi connectivity index (χ3n) is 2.00. The number of halogens is 2. The molecule has 0 N–H and O–H groups in total. The van der Waals surface area contributed by atoms with Gasteiger partial charge in [-0.25, -0.2) is 0 Å². The zero-order valence-electron chi connectivity index (χ0n) is 8.67. The standard InChI is InChI=1S/C12H14Cl2O/c1-2-10-9-11(5-6-12(10)14)15-8-4-3-7-13/h3-6,9H,2,7-8H2,1H3. The minimum atomic E-state index is 0.518. The quantitative estimate of drug-likeness (QED) is 0.561.